The minimum atomic E-state index is -0.539. The molecule has 0 saturated carbocycles. The molecule has 146 valence electrons. The van der Waals surface area contributed by atoms with Crippen LogP contribution in [0.4, 0.5) is 5.69 Å². The van der Waals surface area contributed by atoms with E-state index in [0.717, 1.165) is 18.8 Å². The number of para-hydroxylation sites is 1. The number of hydrogen-bond acceptors (Lipinski definition) is 6. The van der Waals surface area contributed by atoms with Crippen LogP contribution >= 0.6 is 0 Å². The average Bonchev–Trinajstić information content (AvgIpc) is 3.29. The number of anilines is 1. The number of nitrogens with zero attached hydrogens (tertiary/aromatic N) is 3. The van der Waals surface area contributed by atoms with E-state index in [1.165, 1.54) is 12.8 Å². The van der Waals surface area contributed by atoms with Gasteiger partial charge in [0.1, 0.15) is 11.8 Å². The summed E-state index contributed by atoms with van der Waals surface area (Å²) in [5.74, 6) is -0.576. The Morgan fingerprint density at radius 1 is 1.30 bits per heavy atom. The average molecular weight is 372 g/mol. The van der Waals surface area contributed by atoms with Gasteiger partial charge in [0.15, 0.2) is 0 Å². The standard InChI is InChI=1S/C20H28N4O3/c1-3-27-20(26)17-14-18(24(22-17)16-9-5-4-6-10-16)19(25)21-11-13-23-12-7-8-15(23)2/h4-6,9-10,15,18H,3,7-8,11-14H2,1-2H3,(H,21,25)/t15-,18+/m0/s1. The molecule has 1 N–H and O–H groups in total. The summed E-state index contributed by atoms with van der Waals surface area (Å²) in [4.78, 5) is 27.3. The molecule has 0 radical (unpaired) electrons. The van der Waals surface area contributed by atoms with Crippen molar-refractivity contribution in [2.75, 3.05) is 31.3 Å². The molecular weight excluding hydrogens is 344 g/mol. The summed E-state index contributed by atoms with van der Waals surface area (Å²) in [6, 6.07) is 9.47. The lowest BCUT2D eigenvalue weighted by Crippen LogP contribution is -2.45. The number of carbonyl (C=O) groups excluding carboxylic acids is 2. The highest BCUT2D eigenvalue weighted by molar-refractivity contribution is 6.38. The van der Waals surface area contributed by atoms with Crippen molar-refractivity contribution in [3.05, 3.63) is 30.3 Å². The highest BCUT2D eigenvalue weighted by atomic mass is 16.5. The van der Waals surface area contributed by atoms with Crippen molar-refractivity contribution in [1.29, 1.82) is 0 Å². The molecule has 0 bridgehead atoms. The Hall–Kier alpha value is -2.41. The van der Waals surface area contributed by atoms with Crippen molar-refractivity contribution in [1.82, 2.24) is 10.2 Å². The largest absolute Gasteiger partial charge is 0.461 e. The van der Waals surface area contributed by atoms with E-state index >= 15 is 0 Å². The lowest BCUT2D eigenvalue weighted by molar-refractivity contribution is -0.135. The molecule has 3 rings (SSSR count). The molecule has 0 unspecified atom stereocenters. The Balaban J connectivity index is 1.64. The summed E-state index contributed by atoms with van der Waals surface area (Å²) in [5.41, 5.74) is 1.07. The second-order valence-electron chi connectivity index (χ2n) is 6.99. The Morgan fingerprint density at radius 2 is 2.07 bits per heavy atom. The van der Waals surface area contributed by atoms with Crippen molar-refractivity contribution in [2.24, 2.45) is 5.10 Å². The number of nitrogens with one attached hydrogen (secondary N) is 1. The number of ether oxygens (including phenoxy) is 1. The van der Waals surface area contributed by atoms with Crippen LogP contribution < -0.4 is 10.3 Å². The summed E-state index contributed by atoms with van der Waals surface area (Å²) in [5, 5.41) is 9.02. The zero-order valence-corrected chi connectivity index (χ0v) is 16.1. The number of benzene rings is 1. The van der Waals surface area contributed by atoms with Crippen LogP contribution in [0.5, 0.6) is 0 Å². The molecule has 0 aromatic heterocycles. The number of hydrazone groups is 1. The molecule has 0 aliphatic carbocycles. The minimum absolute atomic E-state index is 0.117. The summed E-state index contributed by atoms with van der Waals surface area (Å²) < 4.78 is 5.06. The van der Waals surface area contributed by atoms with Crippen molar-refractivity contribution in [3.63, 3.8) is 0 Å². The summed E-state index contributed by atoms with van der Waals surface area (Å²) in [6.07, 6.45) is 2.69. The van der Waals surface area contributed by atoms with E-state index < -0.39 is 12.0 Å². The molecule has 27 heavy (non-hydrogen) atoms. The molecule has 2 heterocycles. The van der Waals surface area contributed by atoms with Gasteiger partial charge in [0, 0.05) is 25.6 Å². The zero-order valence-electron chi connectivity index (χ0n) is 16.1. The van der Waals surface area contributed by atoms with Crippen molar-refractivity contribution < 1.29 is 14.3 Å². The fourth-order valence-electron chi connectivity index (χ4n) is 3.64. The Kier molecular flexibility index (Phi) is 6.45. The molecule has 2 aliphatic heterocycles. The smallest absolute Gasteiger partial charge is 0.354 e. The summed E-state index contributed by atoms with van der Waals surface area (Å²) >= 11 is 0. The van der Waals surface area contributed by atoms with Gasteiger partial charge in [-0.15, -0.1) is 0 Å². The lowest BCUT2D eigenvalue weighted by atomic mass is 10.1. The molecule has 1 aromatic carbocycles. The first-order chi connectivity index (χ1) is 13.1. The van der Waals surface area contributed by atoms with Gasteiger partial charge in [0.25, 0.3) is 0 Å². The van der Waals surface area contributed by atoms with Gasteiger partial charge in [0.2, 0.25) is 5.91 Å². The van der Waals surface area contributed by atoms with Crippen LogP contribution in [-0.4, -0.2) is 60.8 Å². The number of rotatable bonds is 7. The molecule has 7 nitrogen and oxygen atoms in total. The molecule has 1 saturated heterocycles. The van der Waals surface area contributed by atoms with Crippen LogP contribution in [0, 0.1) is 0 Å². The SMILES string of the molecule is CCOC(=O)C1=NN(c2ccccc2)[C@@H](C(=O)NCCN2CCC[C@@H]2C)C1. The van der Waals surface area contributed by atoms with Gasteiger partial charge in [-0.3, -0.25) is 14.7 Å². The monoisotopic (exact) mass is 372 g/mol. The van der Waals surface area contributed by atoms with Gasteiger partial charge in [-0.1, -0.05) is 18.2 Å². The highest BCUT2D eigenvalue weighted by Gasteiger charge is 2.36. The van der Waals surface area contributed by atoms with Gasteiger partial charge in [-0.25, -0.2) is 4.79 Å². The van der Waals surface area contributed by atoms with E-state index in [-0.39, 0.29) is 24.6 Å². The van der Waals surface area contributed by atoms with E-state index in [4.69, 9.17) is 4.74 Å². The number of amides is 1. The minimum Gasteiger partial charge on any atom is -0.461 e. The summed E-state index contributed by atoms with van der Waals surface area (Å²) in [6.45, 7) is 6.79. The van der Waals surface area contributed by atoms with Crippen LogP contribution in [0.1, 0.15) is 33.1 Å². The number of carbonyl (C=O) groups is 2. The maximum Gasteiger partial charge on any atom is 0.354 e. The molecule has 1 aromatic rings. The fourth-order valence-corrected chi connectivity index (χ4v) is 3.64. The number of likely N-dealkylation sites (tertiary alicyclic amines) is 1. The first-order valence-corrected chi connectivity index (χ1v) is 9.70. The van der Waals surface area contributed by atoms with Crippen molar-refractivity contribution in [2.45, 2.75) is 45.2 Å². The third-order valence-corrected chi connectivity index (χ3v) is 5.13. The van der Waals surface area contributed by atoms with E-state index in [2.05, 4.69) is 22.2 Å². The van der Waals surface area contributed by atoms with Crippen LogP contribution in [0.15, 0.2) is 35.4 Å². The second kappa shape index (κ2) is 8.99. The van der Waals surface area contributed by atoms with Gasteiger partial charge in [-0.05, 0) is 45.4 Å². The molecule has 7 heteroatoms. The third kappa shape index (κ3) is 4.66. The van der Waals surface area contributed by atoms with Crippen LogP contribution in [0.3, 0.4) is 0 Å². The van der Waals surface area contributed by atoms with Crippen LogP contribution in [0.2, 0.25) is 0 Å². The van der Waals surface area contributed by atoms with Crippen LogP contribution in [-0.2, 0) is 14.3 Å². The van der Waals surface area contributed by atoms with Gasteiger partial charge in [-0.2, -0.15) is 5.10 Å². The first kappa shape index (κ1) is 19.4. The Bertz CT molecular complexity index is 692. The third-order valence-electron chi connectivity index (χ3n) is 5.13. The van der Waals surface area contributed by atoms with E-state index in [1.807, 2.05) is 30.3 Å². The fraction of sp³-hybridized carbons (Fsp3) is 0.550. The normalized spacial score (nSPS) is 22.6. The molecule has 0 spiro atoms. The Morgan fingerprint density at radius 3 is 2.74 bits per heavy atom. The van der Waals surface area contributed by atoms with Gasteiger partial charge >= 0.3 is 5.97 Å². The van der Waals surface area contributed by atoms with Crippen LogP contribution in [0.25, 0.3) is 0 Å². The zero-order chi connectivity index (χ0) is 19.2. The van der Waals surface area contributed by atoms with E-state index in [9.17, 15) is 9.59 Å². The quantitative estimate of drug-likeness (QED) is 0.739. The van der Waals surface area contributed by atoms with Gasteiger partial charge < -0.3 is 10.1 Å². The highest BCUT2D eigenvalue weighted by Crippen LogP contribution is 2.25. The summed E-state index contributed by atoms with van der Waals surface area (Å²) in [7, 11) is 0. The molecule has 2 atom stereocenters. The van der Waals surface area contributed by atoms with Gasteiger partial charge in [0.05, 0.1) is 12.3 Å². The topological polar surface area (TPSA) is 74.2 Å². The molecule has 1 fully saturated rings. The lowest BCUT2D eigenvalue weighted by Gasteiger charge is -2.24. The predicted molar refractivity (Wildman–Crippen MR) is 105 cm³/mol. The Labute approximate surface area is 160 Å². The number of hydrogen-bond donors (Lipinski definition) is 1. The predicted octanol–water partition coefficient (Wildman–Crippen LogP) is 1.78. The molecule has 2 aliphatic rings. The molecule has 1 amide bonds. The number of esters is 1. The maximum atomic E-state index is 12.8. The van der Waals surface area contributed by atoms with Crippen molar-refractivity contribution in [3.8, 4) is 0 Å². The molecular formula is C20H28N4O3. The second-order valence-corrected chi connectivity index (χ2v) is 6.99. The van der Waals surface area contributed by atoms with E-state index in [1.54, 1.807) is 11.9 Å². The van der Waals surface area contributed by atoms with Crippen molar-refractivity contribution >= 4 is 23.3 Å². The maximum absolute atomic E-state index is 12.8. The van der Waals surface area contributed by atoms with E-state index in [0.29, 0.717) is 12.6 Å². The first-order valence-electron chi connectivity index (χ1n) is 9.70.